The molecule has 1 aromatic rings. The van der Waals surface area contributed by atoms with Crippen molar-refractivity contribution in [3.63, 3.8) is 0 Å². The molecule has 0 atom stereocenters. The van der Waals surface area contributed by atoms with Gasteiger partial charge in [-0.3, -0.25) is 4.79 Å². The fourth-order valence-corrected chi connectivity index (χ4v) is 3.26. The topological polar surface area (TPSA) is 72.8 Å². The molecule has 1 amide bonds. The normalized spacial score (nSPS) is 18.5. The van der Waals surface area contributed by atoms with E-state index in [-0.39, 0.29) is 17.1 Å². The van der Waals surface area contributed by atoms with Crippen LogP contribution < -0.4 is 15.3 Å². The lowest BCUT2D eigenvalue weighted by Crippen LogP contribution is -2.30. The highest BCUT2D eigenvalue weighted by Crippen LogP contribution is 2.47. The lowest BCUT2D eigenvalue weighted by molar-refractivity contribution is -0.117. The summed E-state index contributed by atoms with van der Waals surface area (Å²) < 4.78 is 32.3. The molecule has 2 N–H and O–H groups in total. The Morgan fingerprint density at radius 2 is 2.29 bits per heavy atom. The van der Waals surface area contributed by atoms with Crippen LogP contribution in [-0.2, 0) is 10.7 Å². The third-order valence-corrected chi connectivity index (χ3v) is 4.26. The molecule has 3 rings (SSSR count). The van der Waals surface area contributed by atoms with E-state index in [1.807, 2.05) is 0 Å². The standard InChI is InChI=1S/C13H10F2N4OS/c1-7(20)19-5-13(14,15)10-8(19)3-2-4-9(10)21-12-11(16)17-6-18-12/h2-4,6,16H,5H2,1H3/p+1. The van der Waals surface area contributed by atoms with Gasteiger partial charge in [0.2, 0.25) is 5.91 Å². The smallest absolute Gasteiger partial charge is 0.306 e. The van der Waals surface area contributed by atoms with Crippen LogP contribution in [0.25, 0.3) is 0 Å². The minimum absolute atomic E-state index is 0.160. The lowest BCUT2D eigenvalue weighted by Gasteiger charge is -2.14. The largest absolute Gasteiger partial charge is 0.356 e. The molecule has 8 heteroatoms. The number of thioether (sulfide) groups is 1. The quantitative estimate of drug-likeness (QED) is 0.790. The zero-order chi connectivity index (χ0) is 15.2. The first-order valence-electron chi connectivity index (χ1n) is 6.10. The number of carbonyl (C=O) groups is 1. The average Bonchev–Trinajstić information content (AvgIpc) is 2.93. The van der Waals surface area contributed by atoms with Crippen molar-refractivity contribution < 1.29 is 13.6 Å². The molecule has 5 nitrogen and oxygen atoms in total. The number of hydrogen-bond donors (Lipinski definition) is 1. The minimum Gasteiger partial charge on any atom is -0.306 e. The summed E-state index contributed by atoms with van der Waals surface area (Å²) in [5.41, 5.74) is 5.70. The van der Waals surface area contributed by atoms with Crippen molar-refractivity contribution in [3.8, 4) is 0 Å². The van der Waals surface area contributed by atoms with E-state index in [9.17, 15) is 13.6 Å². The second-order valence-corrected chi connectivity index (χ2v) is 5.66. The molecule has 1 aromatic carbocycles. The van der Waals surface area contributed by atoms with Crippen molar-refractivity contribution in [2.24, 2.45) is 10.7 Å². The molecule has 0 spiro atoms. The van der Waals surface area contributed by atoms with Crippen molar-refractivity contribution in [3.05, 3.63) is 23.8 Å². The van der Waals surface area contributed by atoms with Gasteiger partial charge in [-0.2, -0.15) is 8.78 Å². The van der Waals surface area contributed by atoms with Crippen LogP contribution in [-0.4, -0.2) is 29.7 Å². The molecule has 108 valence electrons. The third kappa shape index (κ3) is 2.22. The van der Waals surface area contributed by atoms with Gasteiger partial charge in [-0.05, 0) is 23.9 Å². The maximum absolute atomic E-state index is 14.3. The zero-order valence-electron chi connectivity index (χ0n) is 11.0. The highest BCUT2D eigenvalue weighted by Gasteiger charge is 2.47. The van der Waals surface area contributed by atoms with E-state index >= 15 is 0 Å². The van der Waals surface area contributed by atoms with Gasteiger partial charge in [-0.1, -0.05) is 11.1 Å². The summed E-state index contributed by atoms with van der Waals surface area (Å²) in [6.07, 6.45) is 1.28. The molecule has 0 aliphatic carbocycles. The Hall–Kier alpha value is -2.18. The van der Waals surface area contributed by atoms with Crippen molar-refractivity contribution in [1.29, 1.82) is 0 Å². The molecular weight excluding hydrogens is 298 g/mol. The van der Waals surface area contributed by atoms with Gasteiger partial charge in [0.15, 0.2) is 0 Å². The van der Waals surface area contributed by atoms with Crippen LogP contribution in [0.5, 0.6) is 0 Å². The number of alkyl halides is 2. The third-order valence-electron chi connectivity index (χ3n) is 3.20. The maximum atomic E-state index is 14.3. The molecule has 2 aliphatic rings. The molecule has 2 aliphatic heterocycles. The Kier molecular flexibility index (Phi) is 3.07. The van der Waals surface area contributed by atoms with Crippen LogP contribution in [0.4, 0.5) is 14.5 Å². The number of anilines is 1. The van der Waals surface area contributed by atoms with Gasteiger partial charge < -0.3 is 10.6 Å². The number of amides is 1. The van der Waals surface area contributed by atoms with Crippen LogP contribution in [0.15, 0.2) is 28.1 Å². The van der Waals surface area contributed by atoms with E-state index in [4.69, 9.17) is 5.73 Å². The van der Waals surface area contributed by atoms with Gasteiger partial charge in [-0.25, -0.2) is 4.67 Å². The predicted octanol–water partition coefficient (Wildman–Crippen LogP) is 1.10. The van der Waals surface area contributed by atoms with Crippen LogP contribution in [0.1, 0.15) is 12.5 Å². The second kappa shape index (κ2) is 4.68. The Bertz CT molecular complexity index is 738. The summed E-state index contributed by atoms with van der Waals surface area (Å²) >= 11 is 1.03. The van der Waals surface area contributed by atoms with Gasteiger partial charge in [-0.15, -0.1) is 0 Å². The Labute approximate surface area is 123 Å². The number of hydrogen-bond acceptors (Lipinski definition) is 4. The number of halogens is 2. The van der Waals surface area contributed by atoms with E-state index in [1.54, 1.807) is 12.1 Å². The number of carbonyl (C=O) groups excluding carboxylic acids is 1. The van der Waals surface area contributed by atoms with Gasteiger partial charge in [0.1, 0.15) is 0 Å². The van der Waals surface area contributed by atoms with Crippen molar-refractivity contribution in [1.82, 2.24) is 4.67 Å². The van der Waals surface area contributed by atoms with Crippen molar-refractivity contribution in [2.75, 3.05) is 11.4 Å². The zero-order valence-corrected chi connectivity index (χ0v) is 11.8. The van der Waals surface area contributed by atoms with Gasteiger partial charge in [0.25, 0.3) is 11.0 Å². The first kappa shape index (κ1) is 13.8. The Balaban J connectivity index is 2.05. The molecule has 0 saturated heterocycles. The molecule has 21 heavy (non-hydrogen) atoms. The molecular formula is C13H11F2N4OS+. The fraction of sp³-hybridized carbons (Fsp3) is 0.231. The number of benzene rings is 1. The lowest BCUT2D eigenvalue weighted by atomic mass is 10.1. The van der Waals surface area contributed by atoms with Crippen LogP contribution in [0.3, 0.4) is 0 Å². The predicted molar refractivity (Wildman–Crippen MR) is 79.0 cm³/mol. The van der Waals surface area contributed by atoms with Gasteiger partial charge >= 0.3 is 12.2 Å². The Morgan fingerprint density at radius 1 is 1.52 bits per heavy atom. The monoisotopic (exact) mass is 309 g/mol. The van der Waals surface area contributed by atoms with Crippen LogP contribution in [0, 0.1) is 0 Å². The summed E-state index contributed by atoms with van der Waals surface area (Å²) in [6, 6.07) is 4.71. The molecule has 0 aromatic heterocycles. The van der Waals surface area contributed by atoms with E-state index in [0.717, 1.165) is 16.7 Å². The highest BCUT2D eigenvalue weighted by molar-refractivity contribution is 8.15. The van der Waals surface area contributed by atoms with Gasteiger partial charge in [0.05, 0.1) is 17.8 Å². The highest BCUT2D eigenvalue weighted by atomic mass is 32.2. The number of nitrogens with zero attached hydrogens (tertiary/aromatic N) is 3. The summed E-state index contributed by atoms with van der Waals surface area (Å²) in [4.78, 5) is 16.9. The Morgan fingerprint density at radius 3 is 2.90 bits per heavy atom. The molecule has 0 unspecified atom stereocenters. The summed E-state index contributed by atoms with van der Waals surface area (Å²) in [5, 5.41) is 0.375. The number of fused-ring (bicyclic) bond motifs is 1. The molecule has 0 saturated carbocycles. The van der Waals surface area contributed by atoms with Crippen LogP contribution >= 0.6 is 11.8 Å². The first-order valence-corrected chi connectivity index (χ1v) is 6.92. The van der Waals surface area contributed by atoms with Crippen LogP contribution in [0.2, 0.25) is 0 Å². The second-order valence-electron chi connectivity index (χ2n) is 4.63. The molecule has 0 fully saturated rings. The maximum Gasteiger partial charge on any atom is 0.356 e. The number of rotatable bonds is 1. The fourth-order valence-electron chi connectivity index (χ4n) is 2.29. The summed E-state index contributed by atoms with van der Waals surface area (Å²) in [7, 11) is 0. The number of aliphatic imine (C=N–C) groups is 1. The van der Waals surface area contributed by atoms with Crippen molar-refractivity contribution >= 4 is 40.6 Å². The summed E-state index contributed by atoms with van der Waals surface area (Å²) in [6.45, 7) is 0.628. The van der Waals surface area contributed by atoms with E-state index < -0.39 is 18.4 Å². The molecule has 2 heterocycles. The van der Waals surface area contributed by atoms with E-state index in [0.29, 0.717) is 9.94 Å². The average molecular weight is 309 g/mol. The van der Waals surface area contributed by atoms with Crippen molar-refractivity contribution in [2.45, 2.75) is 17.7 Å². The molecule has 0 bridgehead atoms. The van der Waals surface area contributed by atoms with E-state index in [2.05, 4.69) is 9.66 Å². The minimum atomic E-state index is -3.10. The summed E-state index contributed by atoms with van der Waals surface area (Å²) in [5.74, 6) is -3.31. The number of amidine groups is 1. The number of nitrogens with two attached hydrogens (primary N) is 1. The first-order chi connectivity index (χ1) is 9.90. The van der Waals surface area contributed by atoms with E-state index in [1.165, 1.54) is 19.3 Å². The molecule has 0 radical (unpaired) electrons. The SMILES string of the molecule is CC(=O)N1CC(F)(F)c2c(SC3=NC=[N+]=C3N)cccc21. The van der Waals surface area contributed by atoms with Gasteiger partial charge in [0, 0.05) is 11.8 Å².